The third kappa shape index (κ3) is 4.24. The topological polar surface area (TPSA) is 81.7 Å². The van der Waals surface area contributed by atoms with Crippen LogP contribution in [0.5, 0.6) is 17.2 Å². The number of aromatic nitrogens is 1. The number of carbonyl (C=O) groups excluding carboxylic acids is 1. The van der Waals surface area contributed by atoms with Crippen LogP contribution >= 0.6 is 0 Å². The number of amides is 1. The normalized spacial score (nSPS) is 12.2. The molecule has 7 heteroatoms. The average Bonchev–Trinajstić information content (AvgIpc) is 2.74. The number of nitrogens with zero attached hydrogens (tertiary/aromatic N) is 1. The zero-order valence-electron chi connectivity index (χ0n) is 16.2. The molecule has 7 nitrogen and oxygen atoms in total. The first-order valence-electron chi connectivity index (χ1n) is 9.20. The van der Waals surface area contributed by atoms with Gasteiger partial charge in [-0.15, -0.1) is 0 Å². The van der Waals surface area contributed by atoms with Gasteiger partial charge in [-0.25, -0.2) is 0 Å². The number of fused-ring (bicyclic) bond motifs is 1. The number of hydrogen-bond acceptors (Lipinski definition) is 6. The molecular weight excluding hydrogens is 370 g/mol. The Morgan fingerprint density at radius 1 is 1.00 bits per heavy atom. The van der Waals surface area contributed by atoms with Crippen LogP contribution in [0.3, 0.4) is 0 Å². The Morgan fingerprint density at radius 3 is 2.66 bits per heavy atom. The maximum absolute atomic E-state index is 12.7. The molecule has 148 valence electrons. The summed E-state index contributed by atoms with van der Waals surface area (Å²) in [5.41, 5.74) is 3.56. The maximum Gasteiger partial charge on any atom is 0.257 e. The van der Waals surface area contributed by atoms with Gasteiger partial charge >= 0.3 is 0 Å². The van der Waals surface area contributed by atoms with Gasteiger partial charge < -0.3 is 24.8 Å². The second-order valence-corrected chi connectivity index (χ2v) is 6.60. The second-order valence-electron chi connectivity index (χ2n) is 6.60. The highest BCUT2D eigenvalue weighted by molar-refractivity contribution is 6.05. The third-order valence-corrected chi connectivity index (χ3v) is 4.43. The highest BCUT2D eigenvalue weighted by Crippen LogP contribution is 2.33. The average molecular weight is 391 g/mol. The van der Waals surface area contributed by atoms with Crippen LogP contribution in [0.2, 0.25) is 0 Å². The lowest BCUT2D eigenvalue weighted by Gasteiger charge is -2.19. The van der Waals surface area contributed by atoms with E-state index in [2.05, 4.69) is 15.6 Å². The minimum absolute atomic E-state index is 0.271. The van der Waals surface area contributed by atoms with Gasteiger partial charge in [0.1, 0.15) is 19.0 Å². The molecule has 2 aromatic carbocycles. The predicted octanol–water partition coefficient (Wildman–Crippen LogP) is 4.17. The standard InChI is InChI=1S/C22H21N3O4/c1-14-3-5-19(27-2)18(9-14)25-22(26)15-10-17(13-23-12-15)24-16-4-6-20-21(11-16)29-8-7-28-20/h3-6,9-13,24H,7-8H2,1-2H3,(H,25,26). The van der Waals surface area contributed by atoms with E-state index in [-0.39, 0.29) is 5.91 Å². The first kappa shape index (κ1) is 18.6. The molecule has 2 N–H and O–H groups in total. The lowest BCUT2D eigenvalue weighted by molar-refractivity contribution is 0.102. The Morgan fingerprint density at radius 2 is 1.83 bits per heavy atom. The molecule has 0 unspecified atom stereocenters. The SMILES string of the molecule is COc1ccc(C)cc1NC(=O)c1cncc(Nc2ccc3c(c2)OCCO3)c1. The summed E-state index contributed by atoms with van der Waals surface area (Å²) in [4.78, 5) is 16.9. The summed E-state index contributed by atoms with van der Waals surface area (Å²) < 4.78 is 16.5. The Bertz CT molecular complexity index is 1050. The summed E-state index contributed by atoms with van der Waals surface area (Å²) in [5.74, 6) is 1.74. The summed E-state index contributed by atoms with van der Waals surface area (Å²) >= 11 is 0. The van der Waals surface area contributed by atoms with Crippen LogP contribution in [-0.4, -0.2) is 31.2 Å². The van der Waals surface area contributed by atoms with E-state index in [1.165, 1.54) is 6.20 Å². The van der Waals surface area contributed by atoms with Crippen LogP contribution in [0.1, 0.15) is 15.9 Å². The fraction of sp³-hybridized carbons (Fsp3) is 0.182. The molecule has 0 radical (unpaired) electrons. The highest BCUT2D eigenvalue weighted by atomic mass is 16.6. The molecule has 2 heterocycles. The zero-order valence-corrected chi connectivity index (χ0v) is 16.2. The molecule has 29 heavy (non-hydrogen) atoms. The quantitative estimate of drug-likeness (QED) is 0.680. The lowest BCUT2D eigenvalue weighted by atomic mass is 10.2. The number of hydrogen-bond donors (Lipinski definition) is 2. The van der Waals surface area contributed by atoms with Gasteiger partial charge in [0.2, 0.25) is 0 Å². The van der Waals surface area contributed by atoms with E-state index in [0.717, 1.165) is 17.0 Å². The molecule has 0 fully saturated rings. The summed E-state index contributed by atoms with van der Waals surface area (Å²) in [6, 6.07) is 12.9. The van der Waals surface area contributed by atoms with Gasteiger partial charge in [-0.05, 0) is 42.8 Å². The third-order valence-electron chi connectivity index (χ3n) is 4.43. The number of carbonyl (C=O) groups is 1. The van der Waals surface area contributed by atoms with Crippen molar-refractivity contribution in [1.29, 1.82) is 0 Å². The van der Waals surface area contributed by atoms with Crippen molar-refractivity contribution in [1.82, 2.24) is 4.98 Å². The molecule has 4 rings (SSSR count). The van der Waals surface area contributed by atoms with Gasteiger partial charge in [-0.3, -0.25) is 9.78 Å². The monoisotopic (exact) mass is 391 g/mol. The molecular formula is C22H21N3O4. The Labute approximate surface area is 168 Å². The molecule has 3 aromatic rings. The van der Waals surface area contributed by atoms with Crippen LogP contribution in [0, 0.1) is 6.92 Å². The summed E-state index contributed by atoms with van der Waals surface area (Å²) in [5, 5.41) is 6.12. The number of methoxy groups -OCH3 is 1. The number of benzene rings is 2. The van der Waals surface area contributed by atoms with Gasteiger partial charge in [0.05, 0.1) is 30.2 Å². The molecule has 0 saturated heterocycles. The van der Waals surface area contributed by atoms with Crippen molar-refractivity contribution in [2.45, 2.75) is 6.92 Å². The lowest BCUT2D eigenvalue weighted by Crippen LogP contribution is -2.15. The van der Waals surface area contributed by atoms with Crippen molar-refractivity contribution in [3.63, 3.8) is 0 Å². The van der Waals surface area contributed by atoms with E-state index in [9.17, 15) is 4.79 Å². The van der Waals surface area contributed by atoms with Crippen molar-refractivity contribution in [2.75, 3.05) is 31.0 Å². The zero-order chi connectivity index (χ0) is 20.2. The van der Waals surface area contributed by atoms with Crippen LogP contribution < -0.4 is 24.8 Å². The van der Waals surface area contributed by atoms with E-state index < -0.39 is 0 Å². The van der Waals surface area contributed by atoms with Crippen LogP contribution in [-0.2, 0) is 0 Å². The number of anilines is 3. The fourth-order valence-corrected chi connectivity index (χ4v) is 3.03. The van der Waals surface area contributed by atoms with E-state index in [0.29, 0.717) is 41.7 Å². The van der Waals surface area contributed by atoms with Gasteiger partial charge in [0.25, 0.3) is 5.91 Å². The van der Waals surface area contributed by atoms with Crippen molar-refractivity contribution < 1.29 is 19.0 Å². The first-order chi connectivity index (χ1) is 14.1. The summed E-state index contributed by atoms with van der Waals surface area (Å²) in [7, 11) is 1.57. The van der Waals surface area contributed by atoms with Gasteiger partial charge in [-0.1, -0.05) is 6.07 Å². The molecule has 1 amide bonds. The molecule has 1 aliphatic heterocycles. The van der Waals surface area contributed by atoms with Crippen LogP contribution in [0.15, 0.2) is 54.9 Å². The van der Waals surface area contributed by atoms with Crippen molar-refractivity contribution in [3.8, 4) is 17.2 Å². The molecule has 0 atom stereocenters. The van der Waals surface area contributed by atoms with Gasteiger partial charge in [-0.2, -0.15) is 0 Å². The van der Waals surface area contributed by atoms with E-state index in [4.69, 9.17) is 14.2 Å². The molecule has 0 saturated carbocycles. The van der Waals surface area contributed by atoms with Crippen molar-refractivity contribution in [2.24, 2.45) is 0 Å². The van der Waals surface area contributed by atoms with Crippen LogP contribution in [0.4, 0.5) is 17.1 Å². The molecule has 0 aliphatic carbocycles. The Kier molecular flexibility index (Phi) is 5.20. The minimum Gasteiger partial charge on any atom is -0.495 e. The number of aryl methyl sites for hydroxylation is 1. The summed E-state index contributed by atoms with van der Waals surface area (Å²) in [6.45, 7) is 3.02. The van der Waals surface area contributed by atoms with E-state index >= 15 is 0 Å². The Hall–Kier alpha value is -3.74. The van der Waals surface area contributed by atoms with E-state index in [1.807, 2.05) is 43.3 Å². The number of nitrogens with one attached hydrogen (secondary N) is 2. The van der Waals surface area contributed by atoms with Gasteiger partial charge in [0.15, 0.2) is 11.5 Å². The number of rotatable bonds is 5. The fourth-order valence-electron chi connectivity index (χ4n) is 3.03. The van der Waals surface area contributed by atoms with E-state index in [1.54, 1.807) is 19.4 Å². The predicted molar refractivity (Wildman–Crippen MR) is 111 cm³/mol. The number of pyridine rings is 1. The minimum atomic E-state index is -0.271. The smallest absolute Gasteiger partial charge is 0.257 e. The number of ether oxygens (including phenoxy) is 3. The largest absolute Gasteiger partial charge is 0.495 e. The second kappa shape index (κ2) is 8.10. The summed E-state index contributed by atoms with van der Waals surface area (Å²) in [6.07, 6.45) is 3.17. The maximum atomic E-state index is 12.7. The molecule has 1 aliphatic rings. The van der Waals surface area contributed by atoms with Crippen molar-refractivity contribution in [3.05, 3.63) is 66.0 Å². The van der Waals surface area contributed by atoms with Gasteiger partial charge in [0, 0.05) is 18.0 Å². The molecule has 0 bridgehead atoms. The van der Waals surface area contributed by atoms with Crippen LogP contribution in [0.25, 0.3) is 0 Å². The first-order valence-corrected chi connectivity index (χ1v) is 9.20. The Balaban J connectivity index is 1.51. The molecule has 1 aromatic heterocycles. The van der Waals surface area contributed by atoms with Crippen molar-refractivity contribution >= 4 is 23.0 Å². The molecule has 0 spiro atoms. The highest BCUT2D eigenvalue weighted by Gasteiger charge is 2.13.